The molecule has 0 aromatic carbocycles. The zero-order chi connectivity index (χ0) is 15.6. The molecule has 0 N–H and O–H groups in total. The Labute approximate surface area is 142 Å². The van der Waals surface area contributed by atoms with Crippen LogP contribution in [0.5, 0.6) is 0 Å². The van der Waals surface area contributed by atoms with E-state index in [-0.39, 0.29) is 11.9 Å². The molecule has 4 rings (SSSR count). The maximum atomic E-state index is 12.9. The molecule has 1 amide bonds. The van der Waals surface area contributed by atoms with E-state index in [1.165, 1.54) is 11.3 Å². The smallest absolute Gasteiger partial charge is 0.273 e. The molecule has 0 aliphatic carbocycles. The minimum Gasteiger partial charge on any atom is -0.329 e. The third kappa shape index (κ3) is 2.80. The quantitative estimate of drug-likeness (QED) is 0.716. The van der Waals surface area contributed by atoms with Crippen LogP contribution >= 0.6 is 22.7 Å². The second kappa shape index (κ2) is 6.22. The number of hydrogen-bond donors (Lipinski definition) is 0. The molecule has 116 valence electrons. The topological polar surface area (TPSA) is 46.1 Å². The Hall–Kier alpha value is -2.05. The summed E-state index contributed by atoms with van der Waals surface area (Å²) in [5, 5.41) is 4.80. The number of thiophene rings is 1. The monoisotopic (exact) mass is 341 g/mol. The van der Waals surface area contributed by atoms with Gasteiger partial charge in [0, 0.05) is 18.1 Å². The van der Waals surface area contributed by atoms with E-state index in [0.29, 0.717) is 5.69 Å². The molecule has 0 bridgehead atoms. The minimum absolute atomic E-state index is 0.0113. The summed E-state index contributed by atoms with van der Waals surface area (Å²) in [5.74, 6) is 0.0113. The van der Waals surface area contributed by atoms with Crippen molar-refractivity contribution in [3.8, 4) is 9.88 Å². The highest BCUT2D eigenvalue weighted by molar-refractivity contribution is 7.20. The first kappa shape index (κ1) is 14.5. The first-order valence-corrected chi connectivity index (χ1v) is 9.30. The number of pyridine rings is 1. The van der Waals surface area contributed by atoms with Crippen LogP contribution in [0.2, 0.25) is 0 Å². The number of carbonyl (C=O) groups excluding carboxylic acids is 1. The van der Waals surface area contributed by atoms with E-state index in [9.17, 15) is 4.79 Å². The van der Waals surface area contributed by atoms with Crippen molar-refractivity contribution in [3.63, 3.8) is 0 Å². The fourth-order valence-corrected chi connectivity index (χ4v) is 4.53. The second-order valence-electron chi connectivity index (χ2n) is 5.43. The summed E-state index contributed by atoms with van der Waals surface area (Å²) in [6.45, 7) is 0.770. The van der Waals surface area contributed by atoms with Gasteiger partial charge in [-0.15, -0.1) is 22.7 Å². The first-order chi connectivity index (χ1) is 11.3. The average molecular weight is 341 g/mol. The number of likely N-dealkylation sites (tertiary alicyclic amines) is 1. The van der Waals surface area contributed by atoms with Crippen LogP contribution in [-0.2, 0) is 0 Å². The Morgan fingerprint density at radius 3 is 2.96 bits per heavy atom. The Kier molecular flexibility index (Phi) is 3.93. The summed E-state index contributed by atoms with van der Waals surface area (Å²) in [4.78, 5) is 24.8. The molecule has 0 unspecified atom stereocenters. The molecule has 0 radical (unpaired) electrons. The molecule has 0 spiro atoms. The van der Waals surface area contributed by atoms with Gasteiger partial charge in [-0.2, -0.15) is 0 Å². The van der Waals surface area contributed by atoms with Gasteiger partial charge in [0.25, 0.3) is 5.91 Å². The van der Waals surface area contributed by atoms with E-state index in [2.05, 4.69) is 9.97 Å². The molecule has 1 aliphatic heterocycles. The van der Waals surface area contributed by atoms with E-state index in [1.54, 1.807) is 17.5 Å². The molecule has 3 aromatic heterocycles. The standard InChI is InChI=1S/C17H15N3OS2/c21-17(13-11-23-16(19-13)15-7-4-10-22-15)20-9-3-6-14(20)12-5-1-2-8-18-12/h1-2,4-5,7-8,10-11,14H,3,6,9H2/t14-/m1/s1. The minimum atomic E-state index is 0.0113. The molecule has 1 fully saturated rings. The van der Waals surface area contributed by atoms with Gasteiger partial charge in [0.2, 0.25) is 0 Å². The molecular weight excluding hydrogens is 326 g/mol. The van der Waals surface area contributed by atoms with Gasteiger partial charge in [-0.1, -0.05) is 12.1 Å². The number of carbonyl (C=O) groups is 1. The molecule has 1 aliphatic rings. The molecule has 6 heteroatoms. The summed E-state index contributed by atoms with van der Waals surface area (Å²) in [7, 11) is 0. The lowest BCUT2D eigenvalue weighted by Crippen LogP contribution is -2.31. The van der Waals surface area contributed by atoms with Crippen LogP contribution in [0.1, 0.15) is 35.1 Å². The molecule has 4 nitrogen and oxygen atoms in total. The summed E-state index contributed by atoms with van der Waals surface area (Å²) >= 11 is 3.17. The Balaban J connectivity index is 1.59. The maximum Gasteiger partial charge on any atom is 0.273 e. The first-order valence-electron chi connectivity index (χ1n) is 7.54. The van der Waals surface area contributed by atoms with Crippen molar-refractivity contribution in [2.75, 3.05) is 6.54 Å². The Bertz CT molecular complexity index is 798. The van der Waals surface area contributed by atoms with Crippen molar-refractivity contribution in [2.45, 2.75) is 18.9 Å². The lowest BCUT2D eigenvalue weighted by molar-refractivity contribution is 0.0728. The second-order valence-corrected chi connectivity index (χ2v) is 7.23. The van der Waals surface area contributed by atoms with Crippen LogP contribution in [-0.4, -0.2) is 27.3 Å². The lowest BCUT2D eigenvalue weighted by atomic mass is 10.1. The van der Waals surface area contributed by atoms with Gasteiger partial charge in [0.1, 0.15) is 10.7 Å². The number of hydrogen-bond acceptors (Lipinski definition) is 5. The predicted octanol–water partition coefficient (Wildman–Crippen LogP) is 4.24. The fraction of sp³-hybridized carbons (Fsp3) is 0.235. The summed E-state index contributed by atoms with van der Waals surface area (Å²) in [6, 6.07) is 9.97. The van der Waals surface area contributed by atoms with Gasteiger partial charge < -0.3 is 4.90 Å². The van der Waals surface area contributed by atoms with Gasteiger partial charge in [-0.3, -0.25) is 9.78 Å². The summed E-state index contributed by atoms with van der Waals surface area (Å²) < 4.78 is 0. The van der Waals surface area contributed by atoms with E-state index in [4.69, 9.17) is 0 Å². The fourth-order valence-electron chi connectivity index (χ4n) is 2.92. The summed E-state index contributed by atoms with van der Waals surface area (Å²) in [5.41, 5.74) is 1.51. The van der Waals surface area contributed by atoms with Crippen molar-refractivity contribution in [2.24, 2.45) is 0 Å². The van der Waals surface area contributed by atoms with E-state index < -0.39 is 0 Å². The highest BCUT2D eigenvalue weighted by Gasteiger charge is 2.32. The van der Waals surface area contributed by atoms with E-state index in [0.717, 1.165) is 35.0 Å². The predicted molar refractivity (Wildman–Crippen MR) is 92.7 cm³/mol. The van der Waals surface area contributed by atoms with Gasteiger partial charge in [0.05, 0.1) is 16.6 Å². The average Bonchev–Trinajstić information content (AvgIpc) is 3.35. The number of amides is 1. The normalized spacial score (nSPS) is 17.6. The van der Waals surface area contributed by atoms with Gasteiger partial charge in [-0.05, 0) is 36.4 Å². The lowest BCUT2D eigenvalue weighted by Gasteiger charge is -2.23. The number of nitrogens with zero attached hydrogens (tertiary/aromatic N) is 3. The van der Waals surface area contributed by atoms with Crippen molar-refractivity contribution in [1.29, 1.82) is 0 Å². The number of thiazole rings is 1. The van der Waals surface area contributed by atoms with Crippen LogP contribution in [0.15, 0.2) is 47.3 Å². The molecule has 4 heterocycles. The Morgan fingerprint density at radius 1 is 1.22 bits per heavy atom. The van der Waals surface area contributed by atoms with Crippen molar-refractivity contribution in [1.82, 2.24) is 14.9 Å². The third-order valence-corrected chi connectivity index (χ3v) is 5.88. The van der Waals surface area contributed by atoms with Crippen LogP contribution in [0.4, 0.5) is 0 Å². The van der Waals surface area contributed by atoms with Crippen molar-refractivity contribution >= 4 is 28.6 Å². The van der Waals surface area contributed by atoms with Gasteiger partial charge >= 0.3 is 0 Å². The summed E-state index contributed by atoms with van der Waals surface area (Å²) in [6.07, 6.45) is 3.76. The van der Waals surface area contributed by atoms with Crippen LogP contribution in [0.3, 0.4) is 0 Å². The third-order valence-electron chi connectivity index (χ3n) is 4.00. The maximum absolute atomic E-state index is 12.9. The van der Waals surface area contributed by atoms with Crippen molar-refractivity contribution < 1.29 is 4.79 Å². The molecule has 3 aromatic rings. The zero-order valence-corrected chi connectivity index (χ0v) is 14.0. The van der Waals surface area contributed by atoms with Crippen LogP contribution < -0.4 is 0 Å². The van der Waals surface area contributed by atoms with Crippen LogP contribution in [0.25, 0.3) is 9.88 Å². The van der Waals surface area contributed by atoms with Gasteiger partial charge in [0.15, 0.2) is 0 Å². The zero-order valence-electron chi connectivity index (χ0n) is 12.4. The SMILES string of the molecule is O=C(c1csc(-c2cccs2)n1)N1CCC[C@@H]1c1ccccn1. The molecule has 1 saturated heterocycles. The van der Waals surface area contributed by atoms with Crippen LogP contribution in [0, 0.1) is 0 Å². The van der Waals surface area contributed by atoms with Crippen molar-refractivity contribution in [3.05, 3.63) is 58.7 Å². The molecule has 1 atom stereocenters. The molecule has 23 heavy (non-hydrogen) atoms. The Morgan fingerprint density at radius 2 is 2.17 bits per heavy atom. The van der Waals surface area contributed by atoms with Gasteiger partial charge in [-0.25, -0.2) is 4.98 Å². The number of aromatic nitrogens is 2. The highest BCUT2D eigenvalue weighted by Crippen LogP contribution is 2.33. The highest BCUT2D eigenvalue weighted by atomic mass is 32.1. The number of rotatable bonds is 3. The van der Waals surface area contributed by atoms with E-state index in [1.807, 2.05) is 46.0 Å². The molecular formula is C17H15N3OS2. The molecule has 0 saturated carbocycles. The van der Waals surface area contributed by atoms with E-state index >= 15 is 0 Å². The largest absolute Gasteiger partial charge is 0.329 e.